The number of rotatable bonds is 7. The van der Waals surface area contributed by atoms with Gasteiger partial charge in [-0.25, -0.2) is 0 Å². The number of hydrogen-bond donors (Lipinski definition) is 0. The normalized spacial score (nSPS) is 21.0. The van der Waals surface area contributed by atoms with E-state index in [0.717, 1.165) is 76.5 Å². The van der Waals surface area contributed by atoms with Crippen LogP contribution in [0.1, 0.15) is 31.2 Å². The highest BCUT2D eigenvalue weighted by atomic mass is 16.5. The molecule has 6 heteroatoms. The highest BCUT2D eigenvalue weighted by Crippen LogP contribution is 2.28. The van der Waals surface area contributed by atoms with Crippen LogP contribution in [-0.2, 0) is 16.0 Å². The van der Waals surface area contributed by atoms with Crippen LogP contribution in [0.2, 0.25) is 0 Å². The number of methoxy groups -OCH3 is 2. The molecule has 1 atom stereocenters. The predicted molar refractivity (Wildman–Crippen MR) is 109 cm³/mol. The van der Waals surface area contributed by atoms with E-state index in [1.807, 2.05) is 6.07 Å². The summed E-state index contributed by atoms with van der Waals surface area (Å²) in [6.07, 6.45) is 4.92. The predicted octanol–water partition coefficient (Wildman–Crippen LogP) is 2.60. The van der Waals surface area contributed by atoms with E-state index in [-0.39, 0.29) is 5.92 Å². The van der Waals surface area contributed by atoms with Gasteiger partial charge >= 0.3 is 0 Å². The van der Waals surface area contributed by atoms with Gasteiger partial charge in [-0.1, -0.05) is 6.07 Å². The second kappa shape index (κ2) is 10.1. The average Bonchev–Trinajstić information content (AvgIpc) is 2.77. The lowest BCUT2D eigenvalue weighted by Gasteiger charge is -2.39. The summed E-state index contributed by atoms with van der Waals surface area (Å²) < 4.78 is 16.1. The number of carbonyl (C=O) groups excluding carboxylic acids is 1. The van der Waals surface area contributed by atoms with E-state index >= 15 is 0 Å². The van der Waals surface area contributed by atoms with Crippen molar-refractivity contribution in [1.29, 1.82) is 0 Å². The molecule has 0 radical (unpaired) electrons. The van der Waals surface area contributed by atoms with Gasteiger partial charge in [0.2, 0.25) is 5.91 Å². The fraction of sp³-hybridized carbons (Fsp3) is 0.682. The van der Waals surface area contributed by atoms with Crippen molar-refractivity contribution in [3.05, 3.63) is 23.8 Å². The first-order chi connectivity index (χ1) is 13.6. The van der Waals surface area contributed by atoms with Gasteiger partial charge in [0.25, 0.3) is 0 Å². The highest BCUT2D eigenvalue weighted by Gasteiger charge is 2.31. The third-order valence-electron chi connectivity index (χ3n) is 6.10. The molecule has 2 aliphatic heterocycles. The standard InChI is InChI=1S/C22H34N2O4/c1-23(12-8-17-6-7-20(26-2)21(15-17)27-3)19-5-4-11-24(16-19)22(25)18-9-13-28-14-10-18/h6-7,15,18-19H,4-5,8-14,16H2,1-3H3. The van der Waals surface area contributed by atoms with Gasteiger partial charge in [0, 0.05) is 44.8 Å². The Kier molecular flexibility index (Phi) is 7.57. The van der Waals surface area contributed by atoms with Crippen molar-refractivity contribution in [2.24, 2.45) is 5.92 Å². The zero-order valence-electron chi connectivity index (χ0n) is 17.5. The van der Waals surface area contributed by atoms with Crippen molar-refractivity contribution in [3.8, 4) is 11.5 Å². The molecule has 2 aliphatic rings. The minimum Gasteiger partial charge on any atom is -0.493 e. The Morgan fingerprint density at radius 3 is 2.64 bits per heavy atom. The Morgan fingerprint density at radius 2 is 1.93 bits per heavy atom. The maximum atomic E-state index is 12.9. The zero-order chi connectivity index (χ0) is 19.9. The maximum absolute atomic E-state index is 12.9. The minimum atomic E-state index is 0.157. The third-order valence-corrected chi connectivity index (χ3v) is 6.10. The second-order valence-electron chi connectivity index (χ2n) is 7.89. The molecule has 0 N–H and O–H groups in total. The number of ether oxygens (including phenoxy) is 3. The molecule has 0 saturated carbocycles. The van der Waals surface area contributed by atoms with Crippen LogP contribution >= 0.6 is 0 Å². The lowest BCUT2D eigenvalue weighted by Crippen LogP contribution is -2.51. The SMILES string of the molecule is COc1ccc(CCN(C)C2CCCN(C(=O)C3CCOCC3)C2)cc1OC. The summed E-state index contributed by atoms with van der Waals surface area (Å²) in [6.45, 7) is 4.14. The number of likely N-dealkylation sites (N-methyl/N-ethyl adjacent to an activating group) is 1. The van der Waals surface area contributed by atoms with Crippen LogP contribution < -0.4 is 9.47 Å². The quantitative estimate of drug-likeness (QED) is 0.716. The average molecular weight is 391 g/mol. The molecule has 0 spiro atoms. The van der Waals surface area contributed by atoms with Gasteiger partial charge < -0.3 is 24.0 Å². The molecule has 1 aromatic carbocycles. The van der Waals surface area contributed by atoms with E-state index in [1.54, 1.807) is 14.2 Å². The first kappa shape index (κ1) is 20.9. The Labute approximate surface area is 168 Å². The van der Waals surface area contributed by atoms with Gasteiger partial charge in [0.1, 0.15) is 0 Å². The van der Waals surface area contributed by atoms with Crippen molar-refractivity contribution in [2.45, 2.75) is 38.1 Å². The summed E-state index contributed by atoms with van der Waals surface area (Å²) in [7, 11) is 5.50. The van der Waals surface area contributed by atoms with Gasteiger partial charge in [0.05, 0.1) is 14.2 Å². The molecular formula is C22H34N2O4. The first-order valence-corrected chi connectivity index (χ1v) is 10.4. The summed E-state index contributed by atoms with van der Waals surface area (Å²) in [6, 6.07) is 6.53. The van der Waals surface area contributed by atoms with Gasteiger partial charge in [-0.2, -0.15) is 0 Å². The molecule has 1 aromatic rings. The van der Waals surface area contributed by atoms with E-state index in [2.05, 4.69) is 29.0 Å². The fourth-order valence-corrected chi connectivity index (χ4v) is 4.24. The molecule has 2 heterocycles. The Morgan fingerprint density at radius 1 is 1.18 bits per heavy atom. The van der Waals surface area contributed by atoms with Gasteiger partial charge in [0.15, 0.2) is 11.5 Å². The highest BCUT2D eigenvalue weighted by molar-refractivity contribution is 5.79. The van der Waals surface area contributed by atoms with Crippen molar-refractivity contribution < 1.29 is 19.0 Å². The molecule has 0 aliphatic carbocycles. The molecule has 3 rings (SSSR count). The molecule has 2 fully saturated rings. The topological polar surface area (TPSA) is 51.2 Å². The summed E-state index contributed by atoms with van der Waals surface area (Å²) >= 11 is 0. The van der Waals surface area contributed by atoms with E-state index in [1.165, 1.54) is 5.56 Å². The lowest BCUT2D eigenvalue weighted by molar-refractivity contribution is -0.140. The van der Waals surface area contributed by atoms with E-state index < -0.39 is 0 Å². The summed E-state index contributed by atoms with van der Waals surface area (Å²) in [5, 5.41) is 0. The molecule has 0 bridgehead atoms. The van der Waals surface area contributed by atoms with Gasteiger partial charge in [-0.15, -0.1) is 0 Å². The molecule has 156 valence electrons. The van der Waals surface area contributed by atoms with Crippen LogP contribution in [0.3, 0.4) is 0 Å². The Bertz CT molecular complexity index is 645. The number of nitrogens with zero attached hydrogens (tertiary/aromatic N) is 2. The Balaban J connectivity index is 1.52. The number of amides is 1. The Hall–Kier alpha value is -1.79. The minimum absolute atomic E-state index is 0.157. The lowest BCUT2D eigenvalue weighted by atomic mass is 9.96. The first-order valence-electron chi connectivity index (χ1n) is 10.4. The zero-order valence-corrected chi connectivity index (χ0v) is 17.5. The molecule has 28 heavy (non-hydrogen) atoms. The van der Waals surface area contributed by atoms with Crippen LogP contribution in [0, 0.1) is 5.92 Å². The second-order valence-corrected chi connectivity index (χ2v) is 7.89. The van der Waals surface area contributed by atoms with Crippen molar-refractivity contribution >= 4 is 5.91 Å². The smallest absolute Gasteiger partial charge is 0.225 e. The number of benzene rings is 1. The van der Waals surface area contributed by atoms with Crippen LogP contribution in [0.5, 0.6) is 11.5 Å². The molecule has 0 aromatic heterocycles. The van der Waals surface area contributed by atoms with Crippen LogP contribution in [0.15, 0.2) is 18.2 Å². The van der Waals surface area contributed by atoms with Crippen LogP contribution in [0.25, 0.3) is 0 Å². The van der Waals surface area contributed by atoms with E-state index in [0.29, 0.717) is 11.9 Å². The van der Waals surface area contributed by atoms with Crippen LogP contribution in [0.4, 0.5) is 0 Å². The largest absolute Gasteiger partial charge is 0.493 e. The molecular weight excluding hydrogens is 356 g/mol. The third kappa shape index (κ3) is 5.17. The number of hydrogen-bond acceptors (Lipinski definition) is 5. The molecule has 1 amide bonds. The monoisotopic (exact) mass is 390 g/mol. The summed E-state index contributed by atoms with van der Waals surface area (Å²) in [5.41, 5.74) is 1.23. The fourth-order valence-electron chi connectivity index (χ4n) is 4.24. The number of piperidine rings is 1. The van der Waals surface area contributed by atoms with Crippen molar-refractivity contribution in [3.63, 3.8) is 0 Å². The van der Waals surface area contributed by atoms with Crippen molar-refractivity contribution in [1.82, 2.24) is 9.80 Å². The number of carbonyl (C=O) groups is 1. The van der Waals surface area contributed by atoms with Crippen molar-refractivity contribution in [2.75, 3.05) is 54.1 Å². The molecule has 6 nitrogen and oxygen atoms in total. The summed E-state index contributed by atoms with van der Waals surface area (Å²) in [4.78, 5) is 17.4. The molecule has 1 unspecified atom stereocenters. The number of likely N-dealkylation sites (tertiary alicyclic amines) is 1. The van der Waals surface area contributed by atoms with Gasteiger partial charge in [-0.05, 0) is 56.8 Å². The summed E-state index contributed by atoms with van der Waals surface area (Å²) in [5.74, 6) is 2.02. The van der Waals surface area contributed by atoms with Crippen LogP contribution in [-0.4, -0.2) is 75.9 Å². The van der Waals surface area contributed by atoms with Gasteiger partial charge in [-0.3, -0.25) is 4.79 Å². The van der Waals surface area contributed by atoms with E-state index in [4.69, 9.17) is 14.2 Å². The van der Waals surface area contributed by atoms with E-state index in [9.17, 15) is 4.79 Å². The molecule has 2 saturated heterocycles. The maximum Gasteiger partial charge on any atom is 0.225 e.